The Balaban J connectivity index is 2.03. The number of rotatable bonds is 6. The van der Waals surface area contributed by atoms with Crippen molar-refractivity contribution in [3.8, 4) is 0 Å². The van der Waals surface area contributed by atoms with Gasteiger partial charge in [-0.2, -0.15) is 0 Å². The van der Waals surface area contributed by atoms with E-state index >= 15 is 0 Å². The molecule has 2 rings (SSSR count). The smallest absolute Gasteiger partial charge is 0.243 e. The highest BCUT2D eigenvalue weighted by Crippen LogP contribution is 2.12. The topological polar surface area (TPSA) is 50.7 Å². The van der Waals surface area contributed by atoms with Crippen molar-refractivity contribution in [3.05, 3.63) is 24.3 Å². The zero-order valence-corrected chi connectivity index (χ0v) is 11.2. The van der Waals surface area contributed by atoms with Gasteiger partial charge in [-0.3, -0.25) is 0 Å². The number of alkyl halides is 1. The molecule has 0 aliphatic carbocycles. The molecule has 1 heterocycles. The van der Waals surface area contributed by atoms with Crippen LogP contribution in [0.5, 0.6) is 0 Å². The normalized spacial score (nSPS) is 12.6. The molecule has 0 aliphatic rings. The second kappa shape index (κ2) is 6.50. The predicted molar refractivity (Wildman–Crippen MR) is 74.9 cm³/mol. The quantitative estimate of drug-likeness (QED) is 0.815. The maximum absolute atomic E-state index is 5.76. The molecule has 0 amide bonds. The van der Waals surface area contributed by atoms with Crippen LogP contribution in [-0.4, -0.2) is 27.6 Å². The van der Waals surface area contributed by atoms with Gasteiger partial charge in [0.25, 0.3) is 0 Å². The van der Waals surface area contributed by atoms with Gasteiger partial charge in [0.15, 0.2) is 0 Å². The number of anilines is 1. The Morgan fingerprint density at radius 1 is 1.22 bits per heavy atom. The number of benzene rings is 1. The van der Waals surface area contributed by atoms with Crippen LogP contribution in [0.1, 0.15) is 19.8 Å². The standard InChI is InChI=1S/C13H17ClN4/c1-2-10(7-8-14)9-15-13-16-11-5-3-4-6-12(11)17-18-13/h3-6,10H,2,7-9H2,1H3,(H,15,16,18). The van der Waals surface area contributed by atoms with Gasteiger partial charge in [-0.05, 0) is 24.5 Å². The van der Waals surface area contributed by atoms with Crippen LogP contribution in [0.25, 0.3) is 11.0 Å². The summed E-state index contributed by atoms with van der Waals surface area (Å²) in [7, 11) is 0. The number of hydrogen-bond donors (Lipinski definition) is 1. The zero-order valence-electron chi connectivity index (χ0n) is 10.4. The monoisotopic (exact) mass is 264 g/mol. The van der Waals surface area contributed by atoms with Gasteiger partial charge in [0.05, 0.1) is 5.52 Å². The number of halogens is 1. The summed E-state index contributed by atoms with van der Waals surface area (Å²) in [4.78, 5) is 4.42. The van der Waals surface area contributed by atoms with Crippen molar-refractivity contribution >= 4 is 28.6 Å². The maximum atomic E-state index is 5.76. The molecule has 18 heavy (non-hydrogen) atoms. The highest BCUT2D eigenvalue weighted by molar-refractivity contribution is 6.17. The minimum absolute atomic E-state index is 0.553. The first-order chi connectivity index (χ1) is 8.83. The second-order valence-corrected chi connectivity index (χ2v) is 4.63. The molecule has 4 nitrogen and oxygen atoms in total. The summed E-state index contributed by atoms with van der Waals surface area (Å²) < 4.78 is 0. The third kappa shape index (κ3) is 3.29. The Kier molecular flexibility index (Phi) is 4.70. The molecule has 0 saturated carbocycles. The van der Waals surface area contributed by atoms with Crippen LogP contribution in [0.4, 0.5) is 5.95 Å². The maximum Gasteiger partial charge on any atom is 0.243 e. The molecule has 0 saturated heterocycles. The molecule has 0 radical (unpaired) electrons. The average molecular weight is 265 g/mol. The van der Waals surface area contributed by atoms with Gasteiger partial charge in [0.1, 0.15) is 5.52 Å². The van der Waals surface area contributed by atoms with Gasteiger partial charge in [-0.1, -0.05) is 25.5 Å². The van der Waals surface area contributed by atoms with Crippen molar-refractivity contribution in [1.29, 1.82) is 0 Å². The number of nitrogens with zero attached hydrogens (tertiary/aromatic N) is 3. The first-order valence-electron chi connectivity index (χ1n) is 6.22. The van der Waals surface area contributed by atoms with Gasteiger partial charge in [-0.15, -0.1) is 21.8 Å². The van der Waals surface area contributed by atoms with E-state index in [0.717, 1.165) is 30.4 Å². The SMILES string of the molecule is CCC(CCCl)CNc1nnc2ccccc2n1. The number of para-hydroxylation sites is 1. The van der Waals surface area contributed by atoms with E-state index in [9.17, 15) is 0 Å². The molecule has 2 aromatic rings. The van der Waals surface area contributed by atoms with Crippen molar-refractivity contribution in [2.75, 3.05) is 17.7 Å². The molecule has 1 aromatic heterocycles. The van der Waals surface area contributed by atoms with Crippen molar-refractivity contribution in [3.63, 3.8) is 0 Å². The molecule has 1 aromatic carbocycles. The number of nitrogens with one attached hydrogen (secondary N) is 1. The van der Waals surface area contributed by atoms with E-state index in [-0.39, 0.29) is 0 Å². The van der Waals surface area contributed by atoms with Gasteiger partial charge in [0, 0.05) is 12.4 Å². The molecule has 0 aliphatic heterocycles. The molecule has 0 spiro atoms. The minimum atomic E-state index is 0.553. The van der Waals surface area contributed by atoms with Crippen LogP contribution < -0.4 is 5.32 Å². The Labute approximate surface area is 112 Å². The van der Waals surface area contributed by atoms with Crippen LogP contribution in [0.15, 0.2) is 24.3 Å². The fraction of sp³-hybridized carbons (Fsp3) is 0.462. The lowest BCUT2D eigenvalue weighted by atomic mass is 10.0. The first kappa shape index (κ1) is 13.0. The fourth-order valence-corrected chi connectivity index (χ4v) is 2.10. The van der Waals surface area contributed by atoms with Crippen LogP contribution >= 0.6 is 11.6 Å². The molecule has 0 fully saturated rings. The second-order valence-electron chi connectivity index (χ2n) is 4.26. The van der Waals surface area contributed by atoms with E-state index in [0.29, 0.717) is 17.7 Å². The molecule has 0 bridgehead atoms. The Hall–Kier alpha value is -1.42. The molecule has 1 atom stereocenters. The third-order valence-corrected chi connectivity index (χ3v) is 3.22. The summed E-state index contributed by atoms with van der Waals surface area (Å²) in [5.41, 5.74) is 1.68. The number of aromatic nitrogens is 3. The lowest BCUT2D eigenvalue weighted by Gasteiger charge is -2.13. The van der Waals surface area contributed by atoms with E-state index in [1.54, 1.807) is 0 Å². The van der Waals surface area contributed by atoms with Crippen LogP contribution in [0, 0.1) is 5.92 Å². The van der Waals surface area contributed by atoms with Crippen LogP contribution in [0.2, 0.25) is 0 Å². The zero-order chi connectivity index (χ0) is 12.8. The van der Waals surface area contributed by atoms with E-state index in [4.69, 9.17) is 11.6 Å². The summed E-state index contributed by atoms with van der Waals surface area (Å²) >= 11 is 5.76. The summed E-state index contributed by atoms with van der Waals surface area (Å²) in [6.07, 6.45) is 2.10. The third-order valence-electron chi connectivity index (χ3n) is 3.00. The average Bonchev–Trinajstić information content (AvgIpc) is 2.43. The van der Waals surface area contributed by atoms with Crippen molar-refractivity contribution < 1.29 is 0 Å². The highest BCUT2D eigenvalue weighted by Gasteiger charge is 2.07. The minimum Gasteiger partial charge on any atom is -0.353 e. The molecular formula is C13H17ClN4. The lowest BCUT2D eigenvalue weighted by Crippen LogP contribution is -2.16. The summed E-state index contributed by atoms with van der Waals surface area (Å²) in [5.74, 6) is 1.83. The van der Waals surface area contributed by atoms with Crippen molar-refractivity contribution in [2.45, 2.75) is 19.8 Å². The van der Waals surface area contributed by atoms with Gasteiger partial charge >= 0.3 is 0 Å². The number of hydrogen-bond acceptors (Lipinski definition) is 4. The Morgan fingerprint density at radius 2 is 2.00 bits per heavy atom. The van der Waals surface area contributed by atoms with Gasteiger partial charge in [-0.25, -0.2) is 4.98 Å². The summed E-state index contributed by atoms with van der Waals surface area (Å²) in [6, 6.07) is 7.72. The molecule has 5 heteroatoms. The highest BCUT2D eigenvalue weighted by atomic mass is 35.5. The molecule has 96 valence electrons. The van der Waals surface area contributed by atoms with Crippen molar-refractivity contribution in [1.82, 2.24) is 15.2 Å². The predicted octanol–water partition coefficient (Wildman–Crippen LogP) is 3.09. The molecular weight excluding hydrogens is 248 g/mol. The van der Waals surface area contributed by atoms with Crippen molar-refractivity contribution in [2.24, 2.45) is 5.92 Å². The fourth-order valence-electron chi connectivity index (χ4n) is 1.80. The Morgan fingerprint density at radius 3 is 2.72 bits per heavy atom. The van der Waals surface area contributed by atoms with Crippen LogP contribution in [-0.2, 0) is 0 Å². The van der Waals surface area contributed by atoms with E-state index in [1.165, 1.54) is 0 Å². The van der Waals surface area contributed by atoms with Gasteiger partial charge in [0.2, 0.25) is 5.95 Å². The molecule has 1 N–H and O–H groups in total. The van der Waals surface area contributed by atoms with E-state index in [1.807, 2.05) is 24.3 Å². The summed E-state index contributed by atoms with van der Waals surface area (Å²) in [5, 5.41) is 11.4. The lowest BCUT2D eigenvalue weighted by molar-refractivity contribution is 0.520. The Bertz CT molecular complexity index is 503. The van der Waals surface area contributed by atoms with E-state index in [2.05, 4.69) is 27.4 Å². The largest absolute Gasteiger partial charge is 0.353 e. The summed E-state index contributed by atoms with van der Waals surface area (Å²) in [6.45, 7) is 3.00. The van der Waals surface area contributed by atoms with Crippen LogP contribution in [0.3, 0.4) is 0 Å². The van der Waals surface area contributed by atoms with E-state index < -0.39 is 0 Å². The van der Waals surface area contributed by atoms with Gasteiger partial charge < -0.3 is 5.32 Å². The molecule has 1 unspecified atom stereocenters. The number of fused-ring (bicyclic) bond motifs is 1. The first-order valence-corrected chi connectivity index (χ1v) is 6.76.